The third-order valence-corrected chi connectivity index (χ3v) is 3.61. The van der Waals surface area contributed by atoms with Gasteiger partial charge in [-0.2, -0.15) is 5.26 Å². The number of carbonyl (C=O) groups is 1. The largest absolute Gasteiger partial charge is 0.496 e. The predicted molar refractivity (Wildman–Crippen MR) is 90.9 cm³/mol. The van der Waals surface area contributed by atoms with Gasteiger partial charge in [0.05, 0.1) is 18.7 Å². The number of likely N-dealkylation sites (N-methyl/N-ethyl adjacent to an activating group) is 1. The molecule has 24 heavy (non-hydrogen) atoms. The molecule has 2 aromatic rings. The normalized spacial score (nSPS) is 9.92. The molecule has 0 atom stereocenters. The molecule has 0 aliphatic heterocycles. The number of benzene rings is 2. The lowest BCUT2D eigenvalue weighted by molar-refractivity contribution is -0.132. The molecular weight excluding hydrogens is 304 g/mol. The molecule has 0 aromatic heterocycles. The third kappa shape index (κ3) is 4.50. The van der Waals surface area contributed by atoms with Crippen LogP contribution in [0.15, 0.2) is 42.5 Å². The van der Waals surface area contributed by atoms with Crippen molar-refractivity contribution in [3.05, 3.63) is 59.2 Å². The number of nitrogens with zero attached hydrogens (tertiary/aromatic N) is 2. The molecule has 5 nitrogen and oxygen atoms in total. The van der Waals surface area contributed by atoms with Crippen molar-refractivity contribution in [1.29, 1.82) is 5.26 Å². The van der Waals surface area contributed by atoms with Gasteiger partial charge >= 0.3 is 0 Å². The minimum atomic E-state index is -0.136. The molecule has 124 valence electrons. The van der Waals surface area contributed by atoms with E-state index >= 15 is 0 Å². The van der Waals surface area contributed by atoms with Crippen LogP contribution in [-0.4, -0.2) is 31.6 Å². The minimum absolute atomic E-state index is 0.0590. The topological polar surface area (TPSA) is 62.6 Å². The monoisotopic (exact) mass is 324 g/mol. The predicted octanol–water partition coefficient (Wildman–Crippen LogP) is 2.91. The molecule has 1 amide bonds. The second-order valence-corrected chi connectivity index (χ2v) is 5.49. The Morgan fingerprint density at radius 2 is 1.92 bits per heavy atom. The lowest BCUT2D eigenvalue weighted by atomic mass is 10.1. The molecule has 0 N–H and O–H groups in total. The Hall–Kier alpha value is -3.00. The summed E-state index contributed by atoms with van der Waals surface area (Å²) in [5, 5.41) is 8.76. The third-order valence-electron chi connectivity index (χ3n) is 3.61. The minimum Gasteiger partial charge on any atom is -0.496 e. The number of rotatable bonds is 6. The molecule has 0 bridgehead atoms. The molecular formula is C19H20N2O3. The summed E-state index contributed by atoms with van der Waals surface area (Å²) in [5.74, 6) is 1.18. The number of hydrogen-bond acceptors (Lipinski definition) is 4. The van der Waals surface area contributed by atoms with Gasteiger partial charge in [-0.25, -0.2) is 0 Å². The van der Waals surface area contributed by atoms with Crippen molar-refractivity contribution < 1.29 is 14.3 Å². The molecule has 0 heterocycles. The maximum Gasteiger partial charge on any atom is 0.260 e. The number of amides is 1. The van der Waals surface area contributed by atoms with Crippen LogP contribution in [0.4, 0.5) is 0 Å². The van der Waals surface area contributed by atoms with E-state index in [1.54, 1.807) is 43.3 Å². The van der Waals surface area contributed by atoms with Gasteiger partial charge in [0.1, 0.15) is 11.5 Å². The SMILES string of the molecule is COc1ccc(C)cc1CN(C)C(=O)COc1ccc(C#N)cc1. The van der Waals surface area contributed by atoms with Crippen molar-refractivity contribution in [3.8, 4) is 17.6 Å². The van der Waals surface area contributed by atoms with Gasteiger partial charge in [-0.05, 0) is 37.3 Å². The average molecular weight is 324 g/mol. The van der Waals surface area contributed by atoms with E-state index in [4.69, 9.17) is 14.7 Å². The van der Waals surface area contributed by atoms with Gasteiger partial charge in [0.15, 0.2) is 6.61 Å². The fourth-order valence-corrected chi connectivity index (χ4v) is 2.26. The molecule has 0 aliphatic rings. The number of aryl methyl sites for hydroxylation is 1. The number of carbonyl (C=O) groups excluding carboxylic acids is 1. The summed E-state index contributed by atoms with van der Waals surface area (Å²) in [6.45, 7) is 2.38. The fraction of sp³-hybridized carbons (Fsp3) is 0.263. The standard InChI is InChI=1S/C19H20N2O3/c1-14-4-9-18(23-3)16(10-14)12-21(2)19(22)13-24-17-7-5-15(11-20)6-8-17/h4-10H,12-13H2,1-3H3. The molecule has 0 radical (unpaired) electrons. The maximum atomic E-state index is 12.2. The summed E-state index contributed by atoms with van der Waals surface area (Å²) in [5.41, 5.74) is 2.62. The Bertz CT molecular complexity index is 748. The van der Waals surface area contributed by atoms with Crippen molar-refractivity contribution in [3.63, 3.8) is 0 Å². The van der Waals surface area contributed by atoms with Crippen LogP contribution >= 0.6 is 0 Å². The zero-order valence-corrected chi connectivity index (χ0v) is 14.1. The Morgan fingerprint density at radius 3 is 2.54 bits per heavy atom. The quantitative estimate of drug-likeness (QED) is 0.819. The van der Waals surface area contributed by atoms with Crippen LogP contribution in [-0.2, 0) is 11.3 Å². The molecule has 0 saturated heterocycles. The van der Waals surface area contributed by atoms with E-state index < -0.39 is 0 Å². The number of ether oxygens (including phenoxy) is 2. The van der Waals surface area contributed by atoms with E-state index in [-0.39, 0.29) is 12.5 Å². The molecule has 0 spiro atoms. The van der Waals surface area contributed by atoms with Gasteiger partial charge in [-0.15, -0.1) is 0 Å². The molecule has 5 heteroatoms. The van der Waals surface area contributed by atoms with Crippen molar-refractivity contribution in [1.82, 2.24) is 4.90 Å². The zero-order valence-electron chi connectivity index (χ0n) is 14.1. The maximum absolute atomic E-state index is 12.2. The zero-order chi connectivity index (χ0) is 17.5. The van der Waals surface area contributed by atoms with E-state index in [1.807, 2.05) is 31.2 Å². The van der Waals surface area contributed by atoms with Crippen molar-refractivity contribution in [2.45, 2.75) is 13.5 Å². The summed E-state index contributed by atoms with van der Waals surface area (Å²) in [6.07, 6.45) is 0. The van der Waals surface area contributed by atoms with Crippen LogP contribution in [0.3, 0.4) is 0 Å². The number of nitriles is 1. The Kier molecular flexibility index (Phi) is 5.80. The smallest absolute Gasteiger partial charge is 0.260 e. The van der Waals surface area contributed by atoms with Crippen LogP contribution in [0.2, 0.25) is 0 Å². The van der Waals surface area contributed by atoms with Crippen LogP contribution in [0.1, 0.15) is 16.7 Å². The van der Waals surface area contributed by atoms with E-state index in [2.05, 4.69) is 0 Å². The molecule has 2 aromatic carbocycles. The Labute approximate surface area is 142 Å². The summed E-state index contributed by atoms with van der Waals surface area (Å²) in [7, 11) is 3.34. The van der Waals surface area contributed by atoms with Crippen LogP contribution < -0.4 is 9.47 Å². The van der Waals surface area contributed by atoms with Crippen molar-refractivity contribution in [2.75, 3.05) is 20.8 Å². The van der Waals surface area contributed by atoms with E-state index in [9.17, 15) is 4.79 Å². The lowest BCUT2D eigenvalue weighted by Gasteiger charge is -2.19. The number of methoxy groups -OCH3 is 1. The van der Waals surface area contributed by atoms with Crippen LogP contribution in [0.25, 0.3) is 0 Å². The van der Waals surface area contributed by atoms with Gasteiger partial charge < -0.3 is 14.4 Å². The van der Waals surface area contributed by atoms with Gasteiger partial charge in [-0.1, -0.05) is 17.7 Å². The lowest BCUT2D eigenvalue weighted by Crippen LogP contribution is -2.31. The van der Waals surface area contributed by atoms with Gasteiger partial charge in [0, 0.05) is 19.2 Å². The first-order chi connectivity index (χ1) is 11.5. The average Bonchev–Trinajstić information content (AvgIpc) is 2.60. The Morgan fingerprint density at radius 1 is 1.21 bits per heavy atom. The van der Waals surface area contributed by atoms with Crippen molar-refractivity contribution >= 4 is 5.91 Å². The van der Waals surface area contributed by atoms with Crippen LogP contribution in [0, 0.1) is 18.3 Å². The van der Waals surface area contributed by atoms with Gasteiger partial charge in [0.2, 0.25) is 0 Å². The Balaban J connectivity index is 1.94. The molecule has 0 fully saturated rings. The van der Waals surface area contributed by atoms with Crippen molar-refractivity contribution in [2.24, 2.45) is 0 Å². The summed E-state index contributed by atoms with van der Waals surface area (Å²) in [6, 6.07) is 14.6. The molecule has 0 unspecified atom stereocenters. The highest BCUT2D eigenvalue weighted by atomic mass is 16.5. The summed E-state index contributed by atoms with van der Waals surface area (Å²) < 4.78 is 10.8. The first-order valence-electron chi connectivity index (χ1n) is 7.54. The van der Waals surface area contributed by atoms with Gasteiger partial charge in [-0.3, -0.25) is 4.79 Å². The highest BCUT2D eigenvalue weighted by molar-refractivity contribution is 5.77. The highest BCUT2D eigenvalue weighted by Crippen LogP contribution is 2.21. The second-order valence-electron chi connectivity index (χ2n) is 5.49. The molecule has 0 aliphatic carbocycles. The number of hydrogen-bond donors (Lipinski definition) is 0. The molecule has 2 rings (SSSR count). The van der Waals surface area contributed by atoms with E-state index in [0.29, 0.717) is 17.9 Å². The summed E-state index contributed by atoms with van der Waals surface area (Å²) in [4.78, 5) is 13.8. The second kappa shape index (κ2) is 8.02. The van der Waals surface area contributed by atoms with E-state index in [0.717, 1.165) is 16.9 Å². The van der Waals surface area contributed by atoms with Gasteiger partial charge in [0.25, 0.3) is 5.91 Å². The van der Waals surface area contributed by atoms with E-state index in [1.165, 1.54) is 0 Å². The summed E-state index contributed by atoms with van der Waals surface area (Å²) >= 11 is 0. The first kappa shape index (κ1) is 17.4. The molecule has 0 saturated carbocycles. The first-order valence-corrected chi connectivity index (χ1v) is 7.54. The fourth-order valence-electron chi connectivity index (χ4n) is 2.26. The van der Waals surface area contributed by atoms with Crippen LogP contribution in [0.5, 0.6) is 11.5 Å². The highest BCUT2D eigenvalue weighted by Gasteiger charge is 2.13.